The molecular weight excluding hydrogens is 416 g/mol. The first-order valence-electron chi connectivity index (χ1n) is 9.06. The highest BCUT2D eigenvalue weighted by molar-refractivity contribution is 7.18. The first-order chi connectivity index (χ1) is 15.1. The first kappa shape index (κ1) is 20.0. The lowest BCUT2D eigenvalue weighted by Gasteiger charge is -2.02. The fourth-order valence-corrected chi connectivity index (χ4v) is 3.56. The topological polar surface area (TPSA) is 139 Å². The van der Waals surface area contributed by atoms with Crippen LogP contribution in [0.25, 0.3) is 21.3 Å². The predicted molar refractivity (Wildman–Crippen MR) is 115 cm³/mol. The normalized spacial score (nSPS) is 10.2. The van der Waals surface area contributed by atoms with Gasteiger partial charge in [-0.05, 0) is 24.3 Å². The minimum Gasteiger partial charge on any atom is -0.344 e. The number of hydrogen-bond donors (Lipinski definition) is 2. The molecule has 2 N–H and O–H groups in total. The molecule has 2 amide bonds. The lowest BCUT2D eigenvalue weighted by atomic mass is 10.2. The zero-order valence-electron chi connectivity index (χ0n) is 16.2. The van der Waals surface area contributed by atoms with E-state index in [1.165, 1.54) is 18.3 Å². The lowest BCUT2D eigenvalue weighted by Crippen LogP contribution is -2.07. The van der Waals surface area contributed by atoms with Crippen LogP contribution in [-0.2, 0) is 4.79 Å². The van der Waals surface area contributed by atoms with Gasteiger partial charge in [-0.15, -0.1) is 11.3 Å². The van der Waals surface area contributed by atoms with Gasteiger partial charge in [0, 0.05) is 36.6 Å². The molecular formula is C20H15N8O2S+. The second kappa shape index (κ2) is 8.99. The van der Waals surface area contributed by atoms with E-state index in [0.29, 0.717) is 27.1 Å². The number of aromatic amines is 1. The van der Waals surface area contributed by atoms with Crippen molar-refractivity contribution in [1.29, 1.82) is 0 Å². The number of amides is 2. The molecule has 3 heterocycles. The van der Waals surface area contributed by atoms with Crippen LogP contribution >= 0.6 is 11.3 Å². The Kier molecular flexibility index (Phi) is 5.79. The molecule has 4 rings (SSSR count). The summed E-state index contributed by atoms with van der Waals surface area (Å²) in [6.07, 6.45) is 4.87. The molecule has 4 aromatic rings. The number of thiazole rings is 1. The summed E-state index contributed by atoms with van der Waals surface area (Å²) in [7, 11) is 0. The van der Waals surface area contributed by atoms with Crippen LogP contribution in [0.3, 0.4) is 0 Å². The number of benzene rings is 1. The van der Waals surface area contributed by atoms with Crippen molar-refractivity contribution in [1.82, 2.24) is 24.8 Å². The quantitative estimate of drug-likeness (QED) is 0.363. The van der Waals surface area contributed by atoms with Crippen molar-refractivity contribution in [3.05, 3.63) is 66.6 Å². The van der Waals surface area contributed by atoms with E-state index in [2.05, 4.69) is 40.4 Å². The van der Waals surface area contributed by atoms with Crippen molar-refractivity contribution < 1.29 is 9.59 Å². The highest BCUT2D eigenvalue weighted by Gasteiger charge is 2.20. The maximum atomic E-state index is 12.1. The number of aromatic nitrogens is 4. The minimum atomic E-state index is -0.506. The predicted octanol–water partition coefficient (Wildman–Crippen LogP) is 4.00. The van der Waals surface area contributed by atoms with Gasteiger partial charge in [-0.25, -0.2) is 15.0 Å². The highest BCUT2D eigenvalue weighted by Crippen LogP contribution is 2.38. The lowest BCUT2D eigenvalue weighted by molar-refractivity contribution is -0.114. The van der Waals surface area contributed by atoms with Crippen molar-refractivity contribution in [3.8, 4) is 21.3 Å². The molecule has 0 aliphatic carbocycles. The molecule has 0 fully saturated rings. The van der Waals surface area contributed by atoms with Gasteiger partial charge in [-0.2, -0.15) is 0 Å². The van der Waals surface area contributed by atoms with Crippen LogP contribution in [0.4, 0.5) is 11.6 Å². The number of H-pyrrole nitrogens is 1. The van der Waals surface area contributed by atoms with Gasteiger partial charge in [-0.1, -0.05) is 18.2 Å². The summed E-state index contributed by atoms with van der Waals surface area (Å²) in [5.74, 6) is 0.500. The van der Waals surface area contributed by atoms with Gasteiger partial charge in [0.1, 0.15) is 15.7 Å². The highest BCUT2D eigenvalue weighted by atomic mass is 32.1. The Morgan fingerprint density at radius 3 is 2.71 bits per heavy atom. The molecule has 3 aromatic heterocycles. The van der Waals surface area contributed by atoms with Crippen LogP contribution in [0.2, 0.25) is 0 Å². The Balaban J connectivity index is 1.69. The molecule has 31 heavy (non-hydrogen) atoms. The molecule has 0 aliphatic rings. The molecule has 0 radical (unpaired) electrons. The van der Waals surface area contributed by atoms with Crippen molar-refractivity contribution >= 4 is 34.8 Å². The maximum absolute atomic E-state index is 12.1. The summed E-state index contributed by atoms with van der Waals surface area (Å²) in [4.78, 5) is 43.6. The van der Waals surface area contributed by atoms with Crippen molar-refractivity contribution in [2.24, 2.45) is 10.2 Å². The number of imidazole rings is 1. The monoisotopic (exact) mass is 431 g/mol. The van der Waals surface area contributed by atoms with Gasteiger partial charge in [0.25, 0.3) is 5.82 Å². The molecule has 10 nitrogen and oxygen atoms in total. The zero-order chi connectivity index (χ0) is 21.6. The summed E-state index contributed by atoms with van der Waals surface area (Å²) in [6.45, 7) is 1.41. The van der Waals surface area contributed by atoms with Crippen LogP contribution in [0.15, 0.2) is 71.3 Å². The largest absolute Gasteiger partial charge is 0.360 e. The Labute approximate surface area is 179 Å². The van der Waals surface area contributed by atoms with Crippen molar-refractivity contribution in [3.63, 3.8) is 0 Å². The van der Waals surface area contributed by atoms with E-state index < -0.39 is 5.91 Å². The van der Waals surface area contributed by atoms with Gasteiger partial charge in [0.05, 0.1) is 0 Å². The average Bonchev–Trinajstić information content (AvgIpc) is 3.44. The van der Waals surface area contributed by atoms with Crippen molar-refractivity contribution in [2.45, 2.75) is 6.92 Å². The standard InChI is InChI=1S/C20H14N8O2S/c1-12(29)24-15-11-14(7-8-21-15)20-25-18(16(31-20)17-22-9-10-23-17)26-28-27-19(30)13-5-3-2-4-6-13/h2-11H,1H3,(H,21,24,29)/p+1. The summed E-state index contributed by atoms with van der Waals surface area (Å²) in [5.41, 5.74) is 1.14. The molecule has 0 atom stereocenters. The summed E-state index contributed by atoms with van der Waals surface area (Å²) in [5, 5.41) is 10.9. The molecule has 11 heteroatoms. The number of hydrogen-bond acceptors (Lipinski definition) is 7. The van der Waals surface area contributed by atoms with Crippen LogP contribution in [0.1, 0.15) is 17.3 Å². The van der Waals surface area contributed by atoms with Gasteiger partial charge in [0.2, 0.25) is 15.9 Å². The smallest absolute Gasteiger partial charge is 0.344 e. The average molecular weight is 431 g/mol. The fraction of sp³-hybridized carbons (Fsp3) is 0.0500. The number of rotatable bonds is 5. The van der Waals surface area contributed by atoms with Gasteiger partial charge < -0.3 is 10.3 Å². The second-order valence-corrected chi connectivity index (χ2v) is 7.18. The Hall–Kier alpha value is -4.34. The molecule has 0 spiro atoms. The summed E-state index contributed by atoms with van der Waals surface area (Å²) in [6, 6.07) is 12.0. The van der Waals surface area contributed by atoms with Gasteiger partial charge in [-0.3, -0.25) is 9.59 Å². The van der Waals surface area contributed by atoms with Crippen LogP contribution in [0.5, 0.6) is 0 Å². The number of carbonyl (C=O) groups excluding carboxylic acids is 2. The number of carbonyl (C=O) groups is 2. The molecule has 0 unspecified atom stereocenters. The van der Waals surface area contributed by atoms with Crippen LogP contribution in [-0.4, -0.2) is 31.8 Å². The Morgan fingerprint density at radius 1 is 1.13 bits per heavy atom. The van der Waals surface area contributed by atoms with E-state index in [1.807, 2.05) is 0 Å². The molecule has 1 aromatic carbocycles. The Morgan fingerprint density at radius 2 is 1.97 bits per heavy atom. The van der Waals surface area contributed by atoms with Gasteiger partial charge >= 0.3 is 5.91 Å². The van der Waals surface area contributed by atoms with E-state index in [0.717, 1.165) is 5.56 Å². The summed E-state index contributed by atoms with van der Waals surface area (Å²) >= 11 is 1.33. The number of nitrogens with zero attached hydrogens (tertiary/aromatic N) is 6. The van der Waals surface area contributed by atoms with E-state index in [4.69, 9.17) is 0 Å². The number of anilines is 1. The number of pyridine rings is 1. The zero-order valence-corrected chi connectivity index (χ0v) is 17.0. The molecule has 0 bridgehead atoms. The van der Waals surface area contributed by atoms with Crippen LogP contribution < -0.4 is 10.2 Å². The third-order valence-electron chi connectivity index (χ3n) is 3.93. The molecule has 0 saturated carbocycles. The third-order valence-corrected chi connectivity index (χ3v) is 5.03. The molecule has 152 valence electrons. The summed E-state index contributed by atoms with van der Waals surface area (Å²) < 4.78 is 0. The first-order valence-corrected chi connectivity index (χ1v) is 9.87. The van der Waals surface area contributed by atoms with Crippen molar-refractivity contribution in [2.75, 3.05) is 5.32 Å². The van der Waals surface area contributed by atoms with E-state index >= 15 is 0 Å². The second-order valence-electron chi connectivity index (χ2n) is 6.18. The molecule has 0 aliphatic heterocycles. The van der Waals surface area contributed by atoms with Gasteiger partial charge in [0.15, 0.2) is 10.9 Å². The van der Waals surface area contributed by atoms with E-state index in [1.54, 1.807) is 61.1 Å². The fourth-order valence-electron chi connectivity index (χ4n) is 2.60. The maximum Gasteiger partial charge on any atom is 0.360 e. The minimum absolute atomic E-state index is 0.223. The molecule has 0 saturated heterocycles. The Bertz CT molecular complexity index is 1290. The van der Waals surface area contributed by atoms with Crippen LogP contribution in [0, 0.1) is 0 Å². The number of nitrogens with one attached hydrogen (secondary N) is 2. The van der Waals surface area contributed by atoms with E-state index in [-0.39, 0.29) is 11.7 Å². The third kappa shape index (κ3) is 4.81. The van der Waals surface area contributed by atoms with E-state index in [9.17, 15) is 9.59 Å². The SMILES string of the molecule is CC(=O)Nc1cc(-c2nc(N=[N+]=NC(=O)c3ccccc3)c(-c3ncc[nH]3)s2)ccn1.